The first-order chi connectivity index (χ1) is 14.8. The van der Waals surface area contributed by atoms with Gasteiger partial charge in [0.15, 0.2) is 0 Å². The van der Waals surface area contributed by atoms with Gasteiger partial charge in [-0.3, -0.25) is 19.0 Å². The molecule has 1 aliphatic heterocycles. The number of carbonyl (C=O) groups is 2. The van der Waals surface area contributed by atoms with E-state index in [0.717, 1.165) is 0 Å². The first kappa shape index (κ1) is 20.4. The van der Waals surface area contributed by atoms with E-state index in [1.54, 1.807) is 18.0 Å². The zero-order valence-electron chi connectivity index (χ0n) is 17.1. The van der Waals surface area contributed by atoms with Crippen LogP contribution < -0.4 is 10.9 Å². The summed E-state index contributed by atoms with van der Waals surface area (Å²) in [6.45, 7) is 3.89. The molecule has 0 unspecified atom stereocenters. The van der Waals surface area contributed by atoms with E-state index in [9.17, 15) is 18.8 Å². The SMILES string of the molecule is CC(=O)N1CCc2c(cn(-c3ccc(F)cc3)c(=O)c2C(=O)Nc2cnc(C)nc2)C1. The molecule has 3 heterocycles. The minimum Gasteiger partial charge on any atom is -0.338 e. The summed E-state index contributed by atoms with van der Waals surface area (Å²) in [6, 6.07) is 5.41. The predicted octanol–water partition coefficient (Wildman–Crippen LogP) is 2.23. The standard InChI is InChI=1S/C22H20FN5O3/c1-13-24-9-17(10-25-13)26-21(30)20-19-7-8-27(14(2)29)11-15(19)12-28(22(20)31)18-5-3-16(23)4-6-18/h3-6,9-10,12H,7-8,11H2,1-2H3,(H,26,30). The van der Waals surface area contributed by atoms with Crippen molar-refractivity contribution in [2.24, 2.45) is 0 Å². The molecule has 0 radical (unpaired) electrons. The molecule has 8 nitrogen and oxygen atoms in total. The van der Waals surface area contributed by atoms with Crippen molar-refractivity contribution in [1.82, 2.24) is 19.4 Å². The van der Waals surface area contributed by atoms with Gasteiger partial charge in [0, 0.05) is 31.9 Å². The van der Waals surface area contributed by atoms with Gasteiger partial charge in [-0.05, 0) is 48.7 Å². The molecule has 0 saturated heterocycles. The van der Waals surface area contributed by atoms with E-state index in [1.165, 1.54) is 48.1 Å². The number of anilines is 1. The largest absolute Gasteiger partial charge is 0.338 e. The topological polar surface area (TPSA) is 97.2 Å². The summed E-state index contributed by atoms with van der Waals surface area (Å²) < 4.78 is 14.7. The van der Waals surface area contributed by atoms with Gasteiger partial charge in [0.05, 0.1) is 18.1 Å². The fourth-order valence-corrected chi connectivity index (χ4v) is 3.60. The molecule has 0 spiro atoms. The molecule has 0 atom stereocenters. The molecule has 1 aliphatic rings. The summed E-state index contributed by atoms with van der Waals surface area (Å²) in [7, 11) is 0. The Labute approximate surface area is 177 Å². The summed E-state index contributed by atoms with van der Waals surface area (Å²) in [5, 5.41) is 2.68. The van der Waals surface area contributed by atoms with Gasteiger partial charge in [-0.15, -0.1) is 0 Å². The summed E-state index contributed by atoms with van der Waals surface area (Å²) >= 11 is 0. The summed E-state index contributed by atoms with van der Waals surface area (Å²) in [4.78, 5) is 48.1. The molecular formula is C22H20FN5O3. The Morgan fingerprint density at radius 3 is 2.45 bits per heavy atom. The Morgan fingerprint density at radius 1 is 1.13 bits per heavy atom. The smallest absolute Gasteiger partial charge is 0.268 e. The molecule has 0 saturated carbocycles. The number of nitrogens with zero attached hydrogens (tertiary/aromatic N) is 4. The van der Waals surface area contributed by atoms with Crippen LogP contribution in [0.2, 0.25) is 0 Å². The van der Waals surface area contributed by atoms with E-state index in [0.29, 0.717) is 41.3 Å². The maximum Gasteiger partial charge on any atom is 0.268 e. The fourth-order valence-electron chi connectivity index (χ4n) is 3.60. The van der Waals surface area contributed by atoms with Gasteiger partial charge in [0.1, 0.15) is 17.2 Å². The molecule has 0 aliphatic carbocycles. The molecule has 0 fully saturated rings. The summed E-state index contributed by atoms with van der Waals surface area (Å²) in [5.41, 5.74) is 1.55. The van der Waals surface area contributed by atoms with Crippen molar-refractivity contribution in [2.45, 2.75) is 26.8 Å². The highest BCUT2D eigenvalue weighted by molar-refractivity contribution is 6.05. The molecule has 31 heavy (non-hydrogen) atoms. The van der Waals surface area contributed by atoms with Crippen molar-refractivity contribution in [3.8, 4) is 5.69 Å². The highest BCUT2D eigenvalue weighted by atomic mass is 19.1. The van der Waals surface area contributed by atoms with Crippen molar-refractivity contribution in [1.29, 1.82) is 0 Å². The highest BCUT2D eigenvalue weighted by Gasteiger charge is 2.27. The normalized spacial score (nSPS) is 12.9. The highest BCUT2D eigenvalue weighted by Crippen LogP contribution is 2.23. The number of hydrogen-bond donors (Lipinski definition) is 1. The van der Waals surface area contributed by atoms with Gasteiger partial charge in [0.2, 0.25) is 5.91 Å². The van der Waals surface area contributed by atoms with Crippen LogP contribution in [0.1, 0.15) is 34.2 Å². The number of carbonyl (C=O) groups excluding carboxylic acids is 2. The zero-order valence-corrected chi connectivity index (χ0v) is 17.1. The van der Waals surface area contributed by atoms with Gasteiger partial charge in [-0.1, -0.05) is 0 Å². The Kier molecular flexibility index (Phi) is 5.33. The lowest BCUT2D eigenvalue weighted by Gasteiger charge is -2.29. The molecule has 1 N–H and O–H groups in total. The van der Waals surface area contributed by atoms with Crippen LogP contribution in [0.3, 0.4) is 0 Å². The zero-order chi connectivity index (χ0) is 22.1. The molecular weight excluding hydrogens is 401 g/mol. The Balaban J connectivity index is 1.83. The second-order valence-corrected chi connectivity index (χ2v) is 7.32. The van der Waals surface area contributed by atoms with Crippen LogP contribution in [0.4, 0.5) is 10.1 Å². The average molecular weight is 421 g/mol. The Hall–Kier alpha value is -3.88. The number of amides is 2. The van der Waals surface area contributed by atoms with Crippen molar-refractivity contribution in [3.63, 3.8) is 0 Å². The van der Waals surface area contributed by atoms with Gasteiger partial charge < -0.3 is 10.2 Å². The van der Waals surface area contributed by atoms with Gasteiger partial charge >= 0.3 is 0 Å². The summed E-state index contributed by atoms with van der Waals surface area (Å²) in [5.74, 6) is -0.553. The number of pyridine rings is 1. The number of rotatable bonds is 3. The second-order valence-electron chi connectivity index (χ2n) is 7.32. The number of aryl methyl sites for hydroxylation is 1. The number of benzene rings is 1. The number of halogens is 1. The molecule has 2 amide bonds. The number of nitrogens with one attached hydrogen (secondary N) is 1. The first-order valence-electron chi connectivity index (χ1n) is 9.72. The molecule has 1 aromatic carbocycles. The van der Waals surface area contributed by atoms with E-state index in [-0.39, 0.29) is 18.0 Å². The molecule has 0 bridgehead atoms. The third-order valence-corrected chi connectivity index (χ3v) is 5.22. The minimum absolute atomic E-state index is 0.00870. The molecule has 3 aromatic rings. The Morgan fingerprint density at radius 2 is 1.81 bits per heavy atom. The predicted molar refractivity (Wildman–Crippen MR) is 112 cm³/mol. The Bertz CT molecular complexity index is 1220. The molecule has 158 valence electrons. The first-order valence-corrected chi connectivity index (χ1v) is 9.72. The van der Waals surface area contributed by atoms with E-state index in [1.807, 2.05) is 0 Å². The lowest BCUT2D eigenvalue weighted by atomic mass is 9.95. The molecule has 9 heteroatoms. The maximum atomic E-state index is 13.4. The van der Waals surface area contributed by atoms with Gasteiger partial charge in [-0.25, -0.2) is 14.4 Å². The number of fused-ring (bicyclic) bond motifs is 1. The molecule has 2 aromatic heterocycles. The molecule has 4 rings (SSSR count). The lowest BCUT2D eigenvalue weighted by Crippen LogP contribution is -2.39. The third kappa shape index (κ3) is 4.07. The van der Waals surface area contributed by atoms with Crippen LogP contribution >= 0.6 is 0 Å². The number of aromatic nitrogens is 3. The van der Waals surface area contributed by atoms with E-state index < -0.39 is 17.3 Å². The van der Waals surface area contributed by atoms with Gasteiger partial charge in [-0.2, -0.15) is 0 Å². The van der Waals surface area contributed by atoms with Crippen LogP contribution in [0.25, 0.3) is 5.69 Å². The lowest BCUT2D eigenvalue weighted by molar-refractivity contribution is -0.129. The van der Waals surface area contributed by atoms with Crippen LogP contribution in [0.15, 0.2) is 47.7 Å². The van der Waals surface area contributed by atoms with Crippen LogP contribution in [-0.2, 0) is 17.8 Å². The monoisotopic (exact) mass is 421 g/mol. The summed E-state index contributed by atoms with van der Waals surface area (Å²) in [6.07, 6.45) is 4.92. The van der Waals surface area contributed by atoms with Crippen LogP contribution in [-0.4, -0.2) is 37.8 Å². The van der Waals surface area contributed by atoms with Crippen molar-refractivity contribution < 1.29 is 14.0 Å². The van der Waals surface area contributed by atoms with Crippen LogP contribution in [0, 0.1) is 12.7 Å². The van der Waals surface area contributed by atoms with Gasteiger partial charge in [0.25, 0.3) is 11.5 Å². The minimum atomic E-state index is -0.582. The van der Waals surface area contributed by atoms with E-state index in [2.05, 4.69) is 15.3 Å². The quantitative estimate of drug-likeness (QED) is 0.700. The van der Waals surface area contributed by atoms with Crippen molar-refractivity contribution in [2.75, 3.05) is 11.9 Å². The number of hydrogen-bond acceptors (Lipinski definition) is 5. The van der Waals surface area contributed by atoms with Crippen molar-refractivity contribution in [3.05, 3.63) is 81.5 Å². The second kappa shape index (κ2) is 8.10. The van der Waals surface area contributed by atoms with Crippen molar-refractivity contribution >= 4 is 17.5 Å². The third-order valence-electron chi connectivity index (χ3n) is 5.22. The van der Waals surface area contributed by atoms with E-state index >= 15 is 0 Å². The average Bonchev–Trinajstić information content (AvgIpc) is 2.75. The van der Waals surface area contributed by atoms with E-state index in [4.69, 9.17) is 0 Å². The fraction of sp³-hybridized carbons (Fsp3) is 0.227. The maximum absolute atomic E-state index is 13.4. The van der Waals surface area contributed by atoms with Crippen LogP contribution in [0.5, 0.6) is 0 Å².